The molecule has 0 unspecified atom stereocenters. The first-order valence-corrected chi connectivity index (χ1v) is 13.0. The van der Waals surface area contributed by atoms with Crippen molar-refractivity contribution in [3.05, 3.63) is 158 Å². The second kappa shape index (κ2) is 9.42. The fourth-order valence-electron chi connectivity index (χ4n) is 5.56. The Bertz CT molecular complexity index is 1760. The van der Waals surface area contributed by atoms with Gasteiger partial charge in [0.05, 0.1) is 22.1 Å². The van der Waals surface area contributed by atoms with Gasteiger partial charge in [-0.25, -0.2) is 0 Å². The fourth-order valence-corrected chi connectivity index (χ4v) is 5.56. The Kier molecular flexibility index (Phi) is 5.49. The maximum Gasteiger partial charge on any atom is 0.0541 e. The highest BCUT2D eigenvalue weighted by Gasteiger charge is 2.11. The highest BCUT2D eigenvalue weighted by molar-refractivity contribution is 6.10. The lowest BCUT2D eigenvalue weighted by molar-refractivity contribution is 1.18. The van der Waals surface area contributed by atoms with E-state index in [-0.39, 0.29) is 0 Å². The van der Waals surface area contributed by atoms with Crippen LogP contribution >= 0.6 is 0 Å². The maximum atomic E-state index is 2.32. The Morgan fingerprint density at radius 2 is 0.474 bits per heavy atom. The molecule has 38 heavy (non-hydrogen) atoms. The van der Waals surface area contributed by atoms with Gasteiger partial charge in [-0.1, -0.05) is 109 Å². The second-order valence-electron chi connectivity index (χ2n) is 9.41. The highest BCUT2D eigenvalue weighted by atomic mass is 15.0. The zero-order valence-corrected chi connectivity index (χ0v) is 20.9. The lowest BCUT2D eigenvalue weighted by Crippen LogP contribution is -1.92. The van der Waals surface area contributed by atoms with Gasteiger partial charge in [-0.05, 0) is 48.5 Å². The van der Waals surface area contributed by atoms with Crippen molar-refractivity contribution >= 4 is 43.6 Å². The molecule has 2 heteroatoms. The Balaban J connectivity index is 0.000000127. The van der Waals surface area contributed by atoms with Gasteiger partial charge < -0.3 is 9.13 Å². The third kappa shape index (κ3) is 3.66. The largest absolute Gasteiger partial charge is 0.309 e. The summed E-state index contributed by atoms with van der Waals surface area (Å²) in [5, 5.41) is 5.23. The molecule has 180 valence electrons. The summed E-state index contributed by atoms with van der Waals surface area (Å²) in [5.74, 6) is 0. The van der Waals surface area contributed by atoms with Crippen LogP contribution in [0.15, 0.2) is 158 Å². The molecule has 0 bridgehead atoms. The standard InChI is InChI=1S/2C18H13N/c2*1-2-8-14(9-3-1)19-17-12-6-4-10-15(17)16-11-5-7-13-18(16)19/h2*1-13H. The molecule has 0 aliphatic carbocycles. The van der Waals surface area contributed by atoms with Crippen molar-refractivity contribution < 1.29 is 0 Å². The first-order chi connectivity index (χ1) is 18.9. The van der Waals surface area contributed by atoms with Crippen molar-refractivity contribution in [3.63, 3.8) is 0 Å². The Morgan fingerprint density at radius 1 is 0.237 bits per heavy atom. The predicted molar refractivity (Wildman–Crippen MR) is 162 cm³/mol. The SMILES string of the molecule is c1ccc(-n2c3ccccc3c3ccccc32)cc1.c1ccc(-n2c3ccccc3c3ccccc32)cc1. The average molecular weight is 487 g/mol. The Hall–Kier alpha value is -5.08. The van der Waals surface area contributed by atoms with E-state index in [0.717, 1.165) is 0 Å². The zero-order chi connectivity index (χ0) is 25.3. The van der Waals surface area contributed by atoms with E-state index in [0.29, 0.717) is 0 Å². The molecule has 2 nitrogen and oxygen atoms in total. The average Bonchev–Trinajstić information content (AvgIpc) is 3.52. The van der Waals surface area contributed by atoms with Gasteiger partial charge in [0.15, 0.2) is 0 Å². The summed E-state index contributed by atoms with van der Waals surface area (Å²) >= 11 is 0. The molecule has 0 atom stereocenters. The van der Waals surface area contributed by atoms with Gasteiger partial charge >= 0.3 is 0 Å². The topological polar surface area (TPSA) is 9.86 Å². The highest BCUT2D eigenvalue weighted by Crippen LogP contribution is 2.32. The van der Waals surface area contributed by atoms with E-state index in [1.54, 1.807) is 0 Å². The number of benzene rings is 6. The fraction of sp³-hybridized carbons (Fsp3) is 0. The van der Waals surface area contributed by atoms with E-state index < -0.39 is 0 Å². The van der Waals surface area contributed by atoms with Gasteiger partial charge in [-0.3, -0.25) is 0 Å². The molecule has 0 spiro atoms. The monoisotopic (exact) mass is 486 g/mol. The number of para-hydroxylation sites is 6. The van der Waals surface area contributed by atoms with Gasteiger partial charge in [-0.15, -0.1) is 0 Å². The minimum atomic E-state index is 1.21. The molecule has 0 fully saturated rings. The lowest BCUT2D eigenvalue weighted by atomic mass is 10.2. The molecule has 0 aliphatic rings. The lowest BCUT2D eigenvalue weighted by Gasteiger charge is -2.06. The van der Waals surface area contributed by atoms with Gasteiger partial charge in [0.2, 0.25) is 0 Å². The van der Waals surface area contributed by atoms with Crippen LogP contribution in [0.5, 0.6) is 0 Å². The number of rotatable bonds is 2. The van der Waals surface area contributed by atoms with E-state index in [1.807, 2.05) is 0 Å². The van der Waals surface area contributed by atoms with E-state index in [9.17, 15) is 0 Å². The number of nitrogens with zero attached hydrogens (tertiary/aromatic N) is 2. The van der Waals surface area contributed by atoms with E-state index in [1.165, 1.54) is 55.0 Å². The van der Waals surface area contributed by atoms with Crippen LogP contribution in [0.3, 0.4) is 0 Å². The van der Waals surface area contributed by atoms with Crippen LogP contribution < -0.4 is 0 Å². The normalized spacial score (nSPS) is 11.2. The molecule has 0 aliphatic heterocycles. The van der Waals surface area contributed by atoms with Crippen molar-refractivity contribution in [2.24, 2.45) is 0 Å². The van der Waals surface area contributed by atoms with Gasteiger partial charge in [0.1, 0.15) is 0 Å². The number of hydrogen-bond donors (Lipinski definition) is 0. The minimum Gasteiger partial charge on any atom is -0.309 e. The molecular weight excluding hydrogens is 460 g/mol. The molecule has 6 aromatic carbocycles. The first kappa shape index (κ1) is 22.1. The van der Waals surface area contributed by atoms with Gasteiger partial charge in [0.25, 0.3) is 0 Å². The molecule has 0 amide bonds. The number of hydrogen-bond acceptors (Lipinski definition) is 0. The number of fused-ring (bicyclic) bond motifs is 6. The minimum absolute atomic E-state index is 1.21. The van der Waals surface area contributed by atoms with Gasteiger partial charge in [-0.2, -0.15) is 0 Å². The molecule has 0 saturated heterocycles. The third-order valence-corrected chi connectivity index (χ3v) is 7.19. The van der Waals surface area contributed by atoms with Crippen LogP contribution in [0.1, 0.15) is 0 Å². The van der Waals surface area contributed by atoms with Crippen LogP contribution in [0, 0.1) is 0 Å². The maximum absolute atomic E-state index is 2.32. The van der Waals surface area contributed by atoms with Crippen LogP contribution in [0.4, 0.5) is 0 Å². The molecule has 0 N–H and O–H groups in total. The van der Waals surface area contributed by atoms with Crippen LogP contribution in [-0.2, 0) is 0 Å². The van der Waals surface area contributed by atoms with Crippen molar-refractivity contribution in [1.82, 2.24) is 9.13 Å². The molecule has 8 aromatic rings. The third-order valence-electron chi connectivity index (χ3n) is 7.19. The Morgan fingerprint density at radius 3 is 0.763 bits per heavy atom. The van der Waals surface area contributed by atoms with E-state index in [2.05, 4.69) is 167 Å². The summed E-state index contributed by atoms with van der Waals surface area (Å²) in [6.45, 7) is 0. The second-order valence-corrected chi connectivity index (χ2v) is 9.41. The summed E-state index contributed by atoms with van der Waals surface area (Å²) in [6.07, 6.45) is 0. The summed E-state index contributed by atoms with van der Waals surface area (Å²) in [7, 11) is 0. The molecule has 8 rings (SSSR count). The van der Waals surface area contributed by atoms with Gasteiger partial charge in [0, 0.05) is 32.9 Å². The van der Waals surface area contributed by atoms with Crippen molar-refractivity contribution in [2.75, 3.05) is 0 Å². The molecular formula is C36H26N2. The van der Waals surface area contributed by atoms with E-state index in [4.69, 9.17) is 0 Å². The summed E-state index contributed by atoms with van der Waals surface area (Å²) in [4.78, 5) is 0. The predicted octanol–water partition coefficient (Wildman–Crippen LogP) is 9.57. The van der Waals surface area contributed by atoms with Crippen LogP contribution in [0.25, 0.3) is 55.0 Å². The van der Waals surface area contributed by atoms with Crippen molar-refractivity contribution in [3.8, 4) is 11.4 Å². The molecule has 0 saturated carbocycles. The summed E-state index contributed by atoms with van der Waals surface area (Å²) < 4.78 is 4.65. The van der Waals surface area contributed by atoms with Crippen LogP contribution in [0.2, 0.25) is 0 Å². The molecule has 0 radical (unpaired) electrons. The van der Waals surface area contributed by atoms with E-state index >= 15 is 0 Å². The molecule has 2 aromatic heterocycles. The number of aromatic nitrogens is 2. The smallest absolute Gasteiger partial charge is 0.0541 e. The Labute approximate surface area is 221 Å². The first-order valence-electron chi connectivity index (χ1n) is 13.0. The quantitative estimate of drug-likeness (QED) is 0.230. The zero-order valence-electron chi connectivity index (χ0n) is 20.9. The summed E-state index contributed by atoms with van der Waals surface area (Å²) in [6, 6.07) is 55.3. The van der Waals surface area contributed by atoms with Crippen molar-refractivity contribution in [1.29, 1.82) is 0 Å². The van der Waals surface area contributed by atoms with Crippen LogP contribution in [-0.4, -0.2) is 9.13 Å². The van der Waals surface area contributed by atoms with Crippen molar-refractivity contribution in [2.45, 2.75) is 0 Å². The molecule has 2 heterocycles. The summed E-state index contributed by atoms with van der Waals surface area (Å²) in [5.41, 5.74) is 7.45.